The summed E-state index contributed by atoms with van der Waals surface area (Å²) in [6.07, 6.45) is -1.02. The first-order chi connectivity index (χ1) is 16.0. The van der Waals surface area contributed by atoms with Gasteiger partial charge in [-0.25, -0.2) is 32.5 Å². The van der Waals surface area contributed by atoms with E-state index in [1.54, 1.807) is 0 Å². The summed E-state index contributed by atoms with van der Waals surface area (Å²) in [6, 6.07) is 2.57. The van der Waals surface area contributed by atoms with Crippen molar-refractivity contribution in [1.82, 2.24) is 9.97 Å². The number of amides is 1. The maximum Gasteiger partial charge on any atom is 0.388 e. The zero-order chi connectivity index (χ0) is 24.7. The van der Waals surface area contributed by atoms with E-state index in [2.05, 4.69) is 25.0 Å². The van der Waals surface area contributed by atoms with Crippen LogP contribution in [0.4, 0.5) is 32.0 Å². The van der Waals surface area contributed by atoms with E-state index >= 15 is 0 Å². The van der Waals surface area contributed by atoms with Crippen LogP contribution >= 0.6 is 0 Å². The van der Waals surface area contributed by atoms with Gasteiger partial charge in [0, 0.05) is 30.0 Å². The molecule has 0 saturated heterocycles. The molecular weight excluding hydrogens is 472 g/mol. The standard InChI is InChI=1S/C20H17F6N5O3/c21-8-20(11-4-19(25,26)5-14(11)33-18(27)31-20)10-3-9(1-2-12(10)22)30-16(32)13-6-29-15(7-28-13)34-17(23)24/h1-3,6-7,11,14,17H,4-5,8H2,(H2,27,31)(H,30,32)/t11-,14+,20+/m0/s1. The Bertz CT molecular complexity index is 1120. The fraction of sp³-hybridized carbons (Fsp3) is 0.400. The smallest absolute Gasteiger partial charge is 0.388 e. The van der Waals surface area contributed by atoms with Crippen LogP contribution in [-0.4, -0.2) is 47.2 Å². The topological polar surface area (TPSA) is 112 Å². The number of nitrogens with zero attached hydrogens (tertiary/aromatic N) is 3. The van der Waals surface area contributed by atoms with Gasteiger partial charge in [-0.15, -0.1) is 0 Å². The second kappa shape index (κ2) is 8.65. The summed E-state index contributed by atoms with van der Waals surface area (Å²) >= 11 is 0. The van der Waals surface area contributed by atoms with E-state index in [9.17, 15) is 31.1 Å². The minimum absolute atomic E-state index is 0.0366. The van der Waals surface area contributed by atoms with Gasteiger partial charge >= 0.3 is 6.61 Å². The van der Waals surface area contributed by atoms with Gasteiger partial charge in [-0.3, -0.25) is 4.79 Å². The summed E-state index contributed by atoms with van der Waals surface area (Å²) < 4.78 is 91.1. The quantitative estimate of drug-likeness (QED) is 0.602. The van der Waals surface area contributed by atoms with E-state index < -0.39 is 78.8 Å². The molecule has 2 aromatic rings. The number of anilines is 1. The number of aliphatic imine (C=N–C) groups is 1. The van der Waals surface area contributed by atoms with Crippen molar-refractivity contribution in [2.24, 2.45) is 16.6 Å². The van der Waals surface area contributed by atoms with Crippen molar-refractivity contribution >= 4 is 17.6 Å². The monoisotopic (exact) mass is 489 g/mol. The molecule has 3 N–H and O–H groups in total. The zero-order valence-electron chi connectivity index (χ0n) is 17.2. The third-order valence-corrected chi connectivity index (χ3v) is 5.63. The van der Waals surface area contributed by atoms with Crippen LogP contribution in [0.15, 0.2) is 35.6 Å². The summed E-state index contributed by atoms with van der Waals surface area (Å²) in [5.41, 5.74) is 2.79. The number of aromatic nitrogens is 2. The molecule has 0 bridgehead atoms. The lowest BCUT2D eigenvalue weighted by molar-refractivity contribution is -0.0531. The molecule has 3 atom stereocenters. The number of amidine groups is 1. The normalized spacial score (nSPS) is 25.3. The number of nitrogens with two attached hydrogens (primary N) is 1. The van der Waals surface area contributed by atoms with Crippen LogP contribution in [0.1, 0.15) is 28.9 Å². The molecule has 1 saturated carbocycles. The Kier molecular flexibility index (Phi) is 6.00. The lowest BCUT2D eigenvalue weighted by Gasteiger charge is -2.40. The first-order valence-corrected chi connectivity index (χ1v) is 9.87. The van der Waals surface area contributed by atoms with Crippen molar-refractivity contribution in [3.8, 4) is 5.88 Å². The van der Waals surface area contributed by atoms with Gasteiger partial charge in [0.1, 0.15) is 29.8 Å². The lowest BCUT2D eigenvalue weighted by atomic mass is 9.76. The van der Waals surface area contributed by atoms with Gasteiger partial charge in [-0.05, 0) is 18.2 Å². The van der Waals surface area contributed by atoms with Gasteiger partial charge in [0.2, 0.25) is 5.88 Å². The highest BCUT2D eigenvalue weighted by Gasteiger charge is 2.60. The molecule has 2 heterocycles. The summed E-state index contributed by atoms with van der Waals surface area (Å²) in [4.78, 5) is 23.5. The van der Waals surface area contributed by atoms with Gasteiger partial charge in [-0.2, -0.15) is 8.78 Å². The fourth-order valence-corrected chi connectivity index (χ4v) is 4.21. The van der Waals surface area contributed by atoms with Crippen LogP contribution in [0.2, 0.25) is 0 Å². The molecule has 0 spiro atoms. The molecule has 1 aliphatic carbocycles. The van der Waals surface area contributed by atoms with Crippen molar-refractivity contribution in [3.05, 3.63) is 47.7 Å². The van der Waals surface area contributed by atoms with E-state index in [1.807, 2.05) is 0 Å². The third kappa shape index (κ3) is 4.43. The lowest BCUT2D eigenvalue weighted by Crippen LogP contribution is -2.48. The molecular formula is C20H17F6N5O3. The second-order valence-corrected chi connectivity index (χ2v) is 7.80. The van der Waals surface area contributed by atoms with Gasteiger partial charge in [0.05, 0.1) is 12.4 Å². The second-order valence-electron chi connectivity index (χ2n) is 7.80. The molecule has 1 amide bonds. The molecule has 8 nitrogen and oxygen atoms in total. The molecule has 1 aromatic carbocycles. The number of nitrogens with one attached hydrogen (secondary N) is 1. The molecule has 182 valence electrons. The summed E-state index contributed by atoms with van der Waals surface area (Å²) in [6.45, 7) is -4.48. The molecule has 2 aliphatic rings. The van der Waals surface area contributed by atoms with Gasteiger partial charge in [0.15, 0.2) is 0 Å². The molecule has 1 aromatic heterocycles. The van der Waals surface area contributed by atoms with Crippen molar-refractivity contribution in [1.29, 1.82) is 0 Å². The number of benzene rings is 1. The van der Waals surface area contributed by atoms with Crippen LogP contribution in [0.3, 0.4) is 0 Å². The van der Waals surface area contributed by atoms with E-state index in [-0.39, 0.29) is 11.4 Å². The molecule has 0 radical (unpaired) electrons. The number of alkyl halides is 5. The molecule has 1 fully saturated rings. The Morgan fingerprint density at radius 2 is 2.03 bits per heavy atom. The van der Waals surface area contributed by atoms with Crippen LogP contribution < -0.4 is 15.8 Å². The SMILES string of the molecule is NC1=N[C@](CF)(c2cc(NC(=O)c3cnc(OC(F)F)cn3)ccc2F)[C@H]2CC(F)(F)C[C@H]2O1. The Hall–Kier alpha value is -3.58. The van der Waals surface area contributed by atoms with Gasteiger partial charge in [0.25, 0.3) is 17.9 Å². The fourth-order valence-electron chi connectivity index (χ4n) is 4.21. The number of halogens is 6. The van der Waals surface area contributed by atoms with Gasteiger partial charge in [-0.1, -0.05) is 0 Å². The first-order valence-electron chi connectivity index (χ1n) is 9.87. The predicted octanol–water partition coefficient (Wildman–Crippen LogP) is 3.39. The largest absolute Gasteiger partial charge is 0.461 e. The number of rotatable bonds is 6. The van der Waals surface area contributed by atoms with Crippen LogP contribution in [-0.2, 0) is 10.3 Å². The van der Waals surface area contributed by atoms with E-state index in [4.69, 9.17) is 10.5 Å². The first kappa shape index (κ1) is 23.6. The van der Waals surface area contributed by atoms with Crippen molar-refractivity contribution < 1.29 is 40.6 Å². The highest BCUT2D eigenvalue weighted by atomic mass is 19.3. The van der Waals surface area contributed by atoms with E-state index in [1.165, 1.54) is 0 Å². The van der Waals surface area contributed by atoms with Crippen LogP contribution in [0.25, 0.3) is 0 Å². The van der Waals surface area contributed by atoms with Crippen molar-refractivity contribution in [2.75, 3.05) is 12.0 Å². The maximum absolute atomic E-state index is 14.9. The molecule has 4 rings (SSSR count). The Morgan fingerprint density at radius 1 is 1.26 bits per heavy atom. The number of ether oxygens (including phenoxy) is 2. The average molecular weight is 489 g/mol. The zero-order valence-corrected chi connectivity index (χ0v) is 17.2. The molecule has 0 unspecified atom stereocenters. The average Bonchev–Trinajstić information content (AvgIpc) is 3.08. The Morgan fingerprint density at radius 3 is 2.68 bits per heavy atom. The molecule has 14 heteroatoms. The highest BCUT2D eigenvalue weighted by molar-refractivity contribution is 6.02. The van der Waals surface area contributed by atoms with E-state index in [0.29, 0.717) is 0 Å². The minimum atomic E-state index is -3.18. The predicted molar refractivity (Wildman–Crippen MR) is 105 cm³/mol. The summed E-state index contributed by atoms with van der Waals surface area (Å²) in [7, 11) is 0. The minimum Gasteiger partial charge on any atom is -0.461 e. The number of fused-ring (bicyclic) bond motifs is 1. The molecule has 1 aliphatic heterocycles. The maximum atomic E-state index is 14.9. The summed E-state index contributed by atoms with van der Waals surface area (Å²) in [5.74, 6) is -6.72. The Balaban J connectivity index is 1.64. The summed E-state index contributed by atoms with van der Waals surface area (Å²) in [5, 5.41) is 2.37. The van der Waals surface area contributed by atoms with E-state index in [0.717, 1.165) is 30.6 Å². The number of carbonyl (C=O) groups is 1. The Labute approximate surface area is 188 Å². The third-order valence-electron chi connectivity index (χ3n) is 5.63. The molecule has 34 heavy (non-hydrogen) atoms. The number of carbonyl (C=O) groups excluding carboxylic acids is 1. The van der Waals surface area contributed by atoms with Crippen molar-refractivity contribution in [3.63, 3.8) is 0 Å². The number of hydrogen-bond donors (Lipinski definition) is 2. The number of hydrogen-bond acceptors (Lipinski definition) is 7. The van der Waals surface area contributed by atoms with Crippen LogP contribution in [0, 0.1) is 11.7 Å². The highest BCUT2D eigenvalue weighted by Crippen LogP contribution is 2.53. The van der Waals surface area contributed by atoms with Crippen molar-refractivity contribution in [2.45, 2.75) is 37.0 Å². The van der Waals surface area contributed by atoms with Crippen LogP contribution in [0.5, 0.6) is 5.88 Å². The van der Waals surface area contributed by atoms with Gasteiger partial charge < -0.3 is 20.5 Å².